The number of nitrogens with zero attached hydrogens (tertiary/aromatic N) is 3. The summed E-state index contributed by atoms with van der Waals surface area (Å²) in [5, 5.41) is 20.0. The summed E-state index contributed by atoms with van der Waals surface area (Å²) in [5.41, 5.74) is 3.48. The molecule has 3 aliphatic carbocycles. The lowest BCUT2D eigenvalue weighted by molar-refractivity contribution is -0.122. The number of aliphatic hydroxyl groups excluding tert-OH is 1. The minimum Gasteiger partial charge on any atom is -0.393 e. The summed E-state index contributed by atoms with van der Waals surface area (Å²) in [6, 6.07) is 6.79. The fourth-order valence-corrected chi connectivity index (χ4v) is 6.37. The Morgan fingerprint density at radius 1 is 1.09 bits per heavy atom. The van der Waals surface area contributed by atoms with Gasteiger partial charge >= 0.3 is 0 Å². The molecule has 0 bridgehead atoms. The van der Waals surface area contributed by atoms with E-state index in [0.717, 1.165) is 29.0 Å². The van der Waals surface area contributed by atoms with Crippen LogP contribution in [-0.2, 0) is 11.2 Å². The highest BCUT2D eigenvalue weighted by molar-refractivity contribution is 5.84. The van der Waals surface area contributed by atoms with Crippen molar-refractivity contribution in [1.29, 1.82) is 0 Å². The van der Waals surface area contributed by atoms with Crippen molar-refractivity contribution in [2.75, 3.05) is 0 Å². The Morgan fingerprint density at radius 2 is 1.82 bits per heavy atom. The summed E-state index contributed by atoms with van der Waals surface area (Å²) >= 11 is 0. The van der Waals surface area contributed by atoms with Gasteiger partial charge in [0.1, 0.15) is 17.4 Å². The van der Waals surface area contributed by atoms with Gasteiger partial charge in [-0.25, -0.2) is 0 Å². The second kappa shape index (κ2) is 8.98. The Bertz CT molecular complexity index is 1020. The van der Waals surface area contributed by atoms with Crippen LogP contribution in [0.3, 0.4) is 0 Å². The van der Waals surface area contributed by atoms with Crippen LogP contribution in [0.5, 0.6) is 0 Å². The molecule has 3 atom stereocenters. The zero-order chi connectivity index (χ0) is 23.3. The van der Waals surface area contributed by atoms with Crippen LogP contribution in [0, 0.1) is 31.6 Å². The van der Waals surface area contributed by atoms with Gasteiger partial charge in [-0.2, -0.15) is 0 Å². The molecular weight excluding hydrogens is 410 g/mol. The first-order valence-corrected chi connectivity index (χ1v) is 13.0. The number of aromatic nitrogens is 3. The molecule has 178 valence electrons. The first-order valence-electron chi connectivity index (χ1n) is 13.0. The lowest BCUT2D eigenvalue weighted by atomic mass is 9.71. The monoisotopic (exact) mass is 449 g/mol. The molecule has 3 saturated carbocycles. The Labute approximate surface area is 198 Å². The maximum absolute atomic E-state index is 13.5. The molecule has 0 spiro atoms. The van der Waals surface area contributed by atoms with Crippen molar-refractivity contribution in [3.63, 3.8) is 0 Å². The zero-order valence-corrected chi connectivity index (χ0v) is 20.6. The summed E-state index contributed by atoms with van der Waals surface area (Å²) in [4.78, 5) is 13.5. The van der Waals surface area contributed by atoms with E-state index in [1.807, 2.05) is 0 Å². The molecule has 0 radical (unpaired) electrons. The van der Waals surface area contributed by atoms with Gasteiger partial charge in [-0.3, -0.25) is 4.79 Å². The maximum Gasteiger partial charge on any atom is 0.141 e. The third-order valence-corrected chi connectivity index (χ3v) is 8.21. The Balaban J connectivity index is 1.36. The quantitative estimate of drug-likeness (QED) is 0.583. The topological polar surface area (TPSA) is 68.0 Å². The average molecular weight is 450 g/mol. The van der Waals surface area contributed by atoms with Crippen molar-refractivity contribution >= 4 is 5.78 Å². The second-order valence-electron chi connectivity index (χ2n) is 11.6. The smallest absolute Gasteiger partial charge is 0.141 e. The summed E-state index contributed by atoms with van der Waals surface area (Å²) in [7, 11) is 0. The maximum atomic E-state index is 13.5. The first-order chi connectivity index (χ1) is 15.8. The number of hydrogen-bond acceptors (Lipinski definition) is 4. The molecule has 1 aromatic heterocycles. The van der Waals surface area contributed by atoms with Crippen LogP contribution < -0.4 is 0 Å². The molecule has 0 amide bonds. The lowest BCUT2D eigenvalue weighted by Crippen LogP contribution is -2.27. The van der Waals surface area contributed by atoms with Gasteiger partial charge in [0, 0.05) is 30.2 Å². The predicted molar refractivity (Wildman–Crippen MR) is 129 cm³/mol. The van der Waals surface area contributed by atoms with E-state index in [-0.39, 0.29) is 17.6 Å². The number of benzene rings is 1. The normalized spacial score (nSPS) is 29.5. The Kier molecular flexibility index (Phi) is 6.19. The number of hydrogen-bond donors (Lipinski definition) is 1. The van der Waals surface area contributed by atoms with Crippen LogP contribution >= 0.6 is 0 Å². The lowest BCUT2D eigenvalue weighted by Gasteiger charge is -2.36. The molecule has 1 aromatic carbocycles. The number of aliphatic hydroxyl groups is 1. The first kappa shape index (κ1) is 22.8. The highest BCUT2D eigenvalue weighted by atomic mass is 16.3. The van der Waals surface area contributed by atoms with Gasteiger partial charge in [0.2, 0.25) is 0 Å². The van der Waals surface area contributed by atoms with E-state index in [4.69, 9.17) is 10.2 Å². The summed E-state index contributed by atoms with van der Waals surface area (Å²) in [6.45, 7) is 8.77. The van der Waals surface area contributed by atoms with Gasteiger partial charge in [0.05, 0.1) is 6.10 Å². The molecule has 33 heavy (non-hydrogen) atoms. The largest absolute Gasteiger partial charge is 0.393 e. The van der Waals surface area contributed by atoms with Gasteiger partial charge in [-0.1, -0.05) is 37.6 Å². The van der Waals surface area contributed by atoms with Gasteiger partial charge in [0.25, 0.3) is 0 Å². The number of carbonyl (C=O) groups is 1. The zero-order valence-electron chi connectivity index (χ0n) is 20.6. The summed E-state index contributed by atoms with van der Waals surface area (Å²) < 4.78 is 2.40. The highest BCUT2D eigenvalue weighted by Crippen LogP contribution is 2.49. The van der Waals surface area contributed by atoms with Crippen LogP contribution in [-0.4, -0.2) is 31.8 Å². The highest BCUT2D eigenvalue weighted by Gasteiger charge is 2.45. The fraction of sp³-hybridized carbons (Fsp3) is 0.679. The van der Waals surface area contributed by atoms with Crippen molar-refractivity contribution in [2.24, 2.45) is 17.8 Å². The van der Waals surface area contributed by atoms with Crippen LogP contribution in [0.1, 0.15) is 105 Å². The van der Waals surface area contributed by atoms with E-state index in [2.05, 4.69) is 50.5 Å². The van der Waals surface area contributed by atoms with E-state index in [9.17, 15) is 9.90 Å². The SMILES string of the molecule is Cc1ccc(CC(=O)[C@H]2C[C@H](O)C[C@@H]2c2nnc(C3CC(CC(C)C)C3)n2C2CC2)c(C)c1. The van der Waals surface area contributed by atoms with Crippen molar-refractivity contribution in [3.05, 3.63) is 46.5 Å². The summed E-state index contributed by atoms with van der Waals surface area (Å²) in [6.07, 6.45) is 7.24. The number of Topliss-reactive ketones (excluding diaryl/α,β-unsaturated/α-hetero) is 1. The minimum atomic E-state index is -0.435. The van der Waals surface area contributed by atoms with E-state index >= 15 is 0 Å². The second-order valence-corrected chi connectivity index (χ2v) is 11.6. The Morgan fingerprint density at radius 3 is 2.48 bits per heavy atom. The molecule has 5 rings (SSSR count). The molecule has 3 aliphatic rings. The van der Waals surface area contributed by atoms with Crippen molar-refractivity contribution < 1.29 is 9.90 Å². The van der Waals surface area contributed by atoms with Crippen LogP contribution in [0.4, 0.5) is 0 Å². The molecule has 1 heterocycles. The van der Waals surface area contributed by atoms with E-state index < -0.39 is 6.10 Å². The number of carbonyl (C=O) groups excluding carboxylic acids is 1. The standard InChI is InChI=1S/C28H39N3O2/c1-16(2)9-19-11-21(12-19)27-29-30-28(31(27)22-7-8-22)25-15-23(32)14-24(25)26(33)13-20-6-5-17(3)10-18(20)4/h5-6,10,16,19,21-25,32H,7-9,11-15H2,1-4H3/t19?,21?,23-,24-,25-/m0/s1. The molecular formula is C28H39N3O2. The molecule has 3 fully saturated rings. The molecule has 0 unspecified atom stereocenters. The molecule has 5 heteroatoms. The van der Waals surface area contributed by atoms with Crippen molar-refractivity contribution in [3.8, 4) is 0 Å². The molecule has 0 aliphatic heterocycles. The molecule has 5 nitrogen and oxygen atoms in total. The van der Waals surface area contributed by atoms with E-state index in [0.29, 0.717) is 31.2 Å². The molecule has 1 N–H and O–H groups in total. The van der Waals surface area contributed by atoms with Crippen LogP contribution in [0.15, 0.2) is 18.2 Å². The van der Waals surface area contributed by atoms with Gasteiger partial charge in [-0.05, 0) is 81.8 Å². The summed E-state index contributed by atoms with van der Waals surface area (Å²) in [5.74, 6) is 4.21. The van der Waals surface area contributed by atoms with Crippen molar-refractivity contribution in [1.82, 2.24) is 14.8 Å². The average Bonchev–Trinajstić information content (AvgIpc) is 3.35. The van der Waals surface area contributed by atoms with E-state index in [1.54, 1.807) is 0 Å². The van der Waals surface area contributed by atoms with Crippen LogP contribution in [0.2, 0.25) is 0 Å². The van der Waals surface area contributed by atoms with Crippen molar-refractivity contribution in [2.45, 2.75) is 103 Å². The number of ketones is 1. The van der Waals surface area contributed by atoms with Gasteiger partial charge < -0.3 is 9.67 Å². The third-order valence-electron chi connectivity index (χ3n) is 8.21. The predicted octanol–water partition coefficient (Wildman–Crippen LogP) is 5.44. The third kappa shape index (κ3) is 4.66. The molecule has 2 aromatic rings. The van der Waals surface area contributed by atoms with Crippen LogP contribution in [0.25, 0.3) is 0 Å². The Hall–Kier alpha value is -2.01. The minimum absolute atomic E-state index is 0.0216. The van der Waals surface area contributed by atoms with E-state index in [1.165, 1.54) is 43.2 Å². The van der Waals surface area contributed by atoms with Gasteiger partial charge in [-0.15, -0.1) is 10.2 Å². The number of aryl methyl sites for hydroxylation is 2. The van der Waals surface area contributed by atoms with Gasteiger partial charge in [0.15, 0.2) is 0 Å². The number of rotatable bonds is 8. The fourth-order valence-electron chi connectivity index (χ4n) is 6.37. The molecule has 0 saturated heterocycles.